The van der Waals surface area contributed by atoms with E-state index in [0.717, 1.165) is 5.56 Å². The van der Waals surface area contributed by atoms with Crippen LogP contribution in [-0.4, -0.2) is 66.6 Å². The monoisotopic (exact) mass is 433 g/mol. The van der Waals surface area contributed by atoms with Gasteiger partial charge in [0.15, 0.2) is 0 Å². The van der Waals surface area contributed by atoms with Gasteiger partial charge in [0.1, 0.15) is 5.82 Å². The number of amides is 1. The third kappa shape index (κ3) is 4.00. The van der Waals surface area contributed by atoms with E-state index in [-0.39, 0.29) is 17.8 Å². The summed E-state index contributed by atoms with van der Waals surface area (Å²) in [5, 5.41) is 16.5. The SMILES string of the molecule is O=C(c1ccccc1-n1nccn1)N1CCOCC1Cc1cc(F)cc(-n2nccn2)c1. The highest BCUT2D eigenvalue weighted by Crippen LogP contribution is 2.22. The second-order valence-electron chi connectivity index (χ2n) is 7.40. The molecule has 3 heterocycles. The molecule has 162 valence electrons. The highest BCUT2D eigenvalue weighted by molar-refractivity contribution is 5.98. The molecule has 1 fully saturated rings. The standard InChI is InChI=1S/C22H20FN7O2/c23-17-11-16(12-18(14-17)29-24-5-6-25-29)13-19-15-32-10-9-28(19)22(31)20-3-1-2-4-21(20)30-26-7-8-27-30/h1-8,11-12,14,19H,9-10,13,15H2. The van der Waals surface area contributed by atoms with Crippen molar-refractivity contribution in [1.82, 2.24) is 34.9 Å². The Kier molecular flexibility index (Phi) is 5.42. The average Bonchev–Trinajstić information content (AvgIpc) is 3.53. The van der Waals surface area contributed by atoms with Crippen molar-refractivity contribution < 1.29 is 13.9 Å². The van der Waals surface area contributed by atoms with Crippen molar-refractivity contribution in [3.05, 3.63) is 84.2 Å². The molecule has 0 aliphatic carbocycles. The molecule has 1 amide bonds. The van der Waals surface area contributed by atoms with E-state index >= 15 is 0 Å². The third-order valence-corrected chi connectivity index (χ3v) is 5.32. The van der Waals surface area contributed by atoms with Crippen molar-refractivity contribution in [2.45, 2.75) is 12.5 Å². The molecule has 5 rings (SSSR count). The van der Waals surface area contributed by atoms with E-state index in [1.807, 2.05) is 18.2 Å². The number of morpholine rings is 1. The van der Waals surface area contributed by atoms with Gasteiger partial charge in [-0.3, -0.25) is 4.79 Å². The largest absolute Gasteiger partial charge is 0.377 e. The van der Waals surface area contributed by atoms with Crippen molar-refractivity contribution in [2.75, 3.05) is 19.8 Å². The van der Waals surface area contributed by atoms with Crippen molar-refractivity contribution in [1.29, 1.82) is 0 Å². The van der Waals surface area contributed by atoms with Gasteiger partial charge in [-0.25, -0.2) is 4.39 Å². The van der Waals surface area contributed by atoms with Crippen LogP contribution in [0.3, 0.4) is 0 Å². The summed E-state index contributed by atoms with van der Waals surface area (Å²) in [5.41, 5.74) is 2.35. The van der Waals surface area contributed by atoms with Gasteiger partial charge >= 0.3 is 0 Å². The van der Waals surface area contributed by atoms with E-state index in [9.17, 15) is 9.18 Å². The van der Waals surface area contributed by atoms with Gasteiger partial charge in [0, 0.05) is 12.6 Å². The first kappa shape index (κ1) is 20.0. The van der Waals surface area contributed by atoms with Crippen LogP contribution in [0.1, 0.15) is 15.9 Å². The first-order valence-electron chi connectivity index (χ1n) is 10.2. The number of benzene rings is 2. The Balaban J connectivity index is 1.43. The van der Waals surface area contributed by atoms with Crippen LogP contribution in [0.15, 0.2) is 67.3 Å². The Morgan fingerprint density at radius 3 is 2.50 bits per heavy atom. The average molecular weight is 433 g/mol. The lowest BCUT2D eigenvalue weighted by Crippen LogP contribution is -2.50. The number of hydrogen-bond acceptors (Lipinski definition) is 6. The number of carbonyl (C=O) groups excluding carboxylic acids is 1. The molecule has 0 radical (unpaired) electrons. The Labute approximate surface area is 183 Å². The highest BCUT2D eigenvalue weighted by Gasteiger charge is 2.30. The molecule has 1 atom stereocenters. The second-order valence-corrected chi connectivity index (χ2v) is 7.40. The van der Waals surface area contributed by atoms with E-state index in [4.69, 9.17) is 4.74 Å². The van der Waals surface area contributed by atoms with Crippen LogP contribution in [0.4, 0.5) is 4.39 Å². The molecular weight excluding hydrogens is 413 g/mol. The summed E-state index contributed by atoms with van der Waals surface area (Å²) in [6, 6.07) is 11.6. The molecule has 1 aliphatic heterocycles. The molecular formula is C22H20FN7O2. The lowest BCUT2D eigenvalue weighted by Gasteiger charge is -2.36. The van der Waals surface area contributed by atoms with Crippen LogP contribution >= 0.6 is 0 Å². The van der Waals surface area contributed by atoms with Crippen LogP contribution in [0.25, 0.3) is 11.4 Å². The highest BCUT2D eigenvalue weighted by atomic mass is 19.1. The predicted molar refractivity (Wildman–Crippen MR) is 112 cm³/mol. The zero-order valence-corrected chi connectivity index (χ0v) is 17.1. The molecule has 1 unspecified atom stereocenters. The summed E-state index contributed by atoms with van der Waals surface area (Å²) in [7, 11) is 0. The maximum absolute atomic E-state index is 14.3. The van der Waals surface area contributed by atoms with Gasteiger partial charge < -0.3 is 9.64 Å². The molecule has 0 spiro atoms. The Morgan fingerprint density at radius 2 is 1.72 bits per heavy atom. The van der Waals surface area contributed by atoms with Crippen LogP contribution in [0.2, 0.25) is 0 Å². The van der Waals surface area contributed by atoms with Gasteiger partial charge in [-0.1, -0.05) is 12.1 Å². The number of aromatic nitrogens is 6. The van der Waals surface area contributed by atoms with Gasteiger partial charge in [0.25, 0.3) is 5.91 Å². The summed E-state index contributed by atoms with van der Waals surface area (Å²) < 4.78 is 20.0. The molecule has 0 saturated carbocycles. The lowest BCUT2D eigenvalue weighted by atomic mass is 10.0. The molecule has 0 N–H and O–H groups in total. The summed E-state index contributed by atoms with van der Waals surface area (Å²) in [6.07, 6.45) is 6.63. The molecule has 4 aromatic rings. The first-order valence-corrected chi connectivity index (χ1v) is 10.2. The van der Waals surface area contributed by atoms with Gasteiger partial charge in [0.05, 0.1) is 61.0 Å². The first-order chi connectivity index (χ1) is 15.7. The van der Waals surface area contributed by atoms with Crippen LogP contribution in [-0.2, 0) is 11.2 Å². The van der Waals surface area contributed by atoms with Gasteiger partial charge in [0.2, 0.25) is 0 Å². The summed E-state index contributed by atoms with van der Waals surface area (Å²) in [4.78, 5) is 18.1. The molecule has 2 aromatic carbocycles. The van der Waals surface area contributed by atoms with Gasteiger partial charge in [-0.2, -0.15) is 30.0 Å². The van der Waals surface area contributed by atoms with Crippen LogP contribution in [0, 0.1) is 5.82 Å². The molecule has 32 heavy (non-hydrogen) atoms. The van der Waals surface area contributed by atoms with E-state index in [2.05, 4.69) is 20.4 Å². The quantitative estimate of drug-likeness (QED) is 0.479. The molecule has 2 aromatic heterocycles. The number of carbonyl (C=O) groups is 1. The van der Waals surface area contributed by atoms with Crippen molar-refractivity contribution in [3.63, 3.8) is 0 Å². The van der Waals surface area contributed by atoms with Gasteiger partial charge in [-0.15, -0.1) is 0 Å². The second kappa shape index (κ2) is 8.67. The molecule has 1 saturated heterocycles. The third-order valence-electron chi connectivity index (χ3n) is 5.32. The zero-order chi connectivity index (χ0) is 21.9. The summed E-state index contributed by atoms with van der Waals surface area (Å²) in [5.74, 6) is -0.531. The molecule has 10 heteroatoms. The normalized spacial score (nSPS) is 16.3. The summed E-state index contributed by atoms with van der Waals surface area (Å²) >= 11 is 0. The topological polar surface area (TPSA) is 91.0 Å². The number of para-hydroxylation sites is 1. The number of halogens is 1. The minimum absolute atomic E-state index is 0.142. The smallest absolute Gasteiger partial charge is 0.256 e. The number of rotatable bonds is 5. The van der Waals surface area contributed by atoms with E-state index in [1.54, 1.807) is 29.4 Å². The van der Waals surface area contributed by atoms with E-state index in [0.29, 0.717) is 43.1 Å². The Bertz CT molecular complexity index is 1210. The van der Waals surface area contributed by atoms with Crippen molar-refractivity contribution in [3.8, 4) is 11.4 Å². The Morgan fingerprint density at radius 1 is 1.00 bits per heavy atom. The Hall–Kier alpha value is -3.92. The van der Waals surface area contributed by atoms with E-state index < -0.39 is 0 Å². The fraction of sp³-hybridized carbons (Fsp3) is 0.227. The van der Waals surface area contributed by atoms with Crippen LogP contribution in [0.5, 0.6) is 0 Å². The fourth-order valence-corrected chi connectivity index (χ4v) is 3.90. The number of ether oxygens (including phenoxy) is 1. The fourth-order valence-electron chi connectivity index (χ4n) is 3.90. The lowest BCUT2D eigenvalue weighted by molar-refractivity contribution is -0.00166. The van der Waals surface area contributed by atoms with Gasteiger partial charge in [-0.05, 0) is 36.2 Å². The minimum Gasteiger partial charge on any atom is -0.377 e. The predicted octanol–water partition coefficient (Wildman–Crippen LogP) is 2.07. The molecule has 0 bridgehead atoms. The van der Waals surface area contributed by atoms with E-state index in [1.165, 1.54) is 34.1 Å². The molecule has 9 nitrogen and oxygen atoms in total. The number of nitrogens with zero attached hydrogens (tertiary/aromatic N) is 7. The number of hydrogen-bond donors (Lipinski definition) is 0. The summed E-state index contributed by atoms with van der Waals surface area (Å²) in [6.45, 7) is 1.24. The minimum atomic E-state index is -0.389. The van der Waals surface area contributed by atoms with Crippen LogP contribution < -0.4 is 0 Å². The maximum atomic E-state index is 14.3. The molecule has 1 aliphatic rings. The van der Waals surface area contributed by atoms with Crippen molar-refractivity contribution in [2.24, 2.45) is 0 Å². The zero-order valence-electron chi connectivity index (χ0n) is 17.1. The maximum Gasteiger partial charge on any atom is 0.256 e. The van der Waals surface area contributed by atoms with Crippen molar-refractivity contribution >= 4 is 5.91 Å².